The molecule has 0 radical (unpaired) electrons. The monoisotopic (exact) mass is 394 g/mol. The molecule has 0 spiro atoms. The molecule has 1 saturated carbocycles. The van der Waals surface area contributed by atoms with E-state index in [0.29, 0.717) is 24.7 Å². The van der Waals surface area contributed by atoms with E-state index in [1.807, 2.05) is 6.92 Å². The predicted octanol–water partition coefficient (Wildman–Crippen LogP) is 3.81. The summed E-state index contributed by atoms with van der Waals surface area (Å²) in [5.74, 6) is 0.835. The van der Waals surface area contributed by atoms with Gasteiger partial charge in [0.15, 0.2) is 0 Å². The van der Waals surface area contributed by atoms with Gasteiger partial charge in [0, 0.05) is 18.8 Å². The van der Waals surface area contributed by atoms with Crippen molar-refractivity contribution in [1.82, 2.24) is 0 Å². The number of aliphatic hydroxyl groups excluding tert-OH is 2. The van der Waals surface area contributed by atoms with Crippen molar-refractivity contribution >= 4 is 11.8 Å². The molecule has 160 valence electrons. The van der Waals surface area contributed by atoms with Crippen molar-refractivity contribution < 1.29 is 24.5 Å². The number of allylic oxidation sites excluding steroid dienone is 1. The highest BCUT2D eigenvalue weighted by Gasteiger charge is 2.42. The first kappa shape index (κ1) is 23.1. The van der Waals surface area contributed by atoms with Crippen LogP contribution in [0.15, 0.2) is 12.2 Å². The Morgan fingerprint density at radius 1 is 1.25 bits per heavy atom. The first-order chi connectivity index (χ1) is 13.2. The SMILES string of the molecule is CC[C@@H](O)CC(=O)CC[C@H]1CC=C[C@H]2[C@@H]1CCC[C@H]2OC(=O)C(C)(C)C(C)O. The zero-order valence-electron chi connectivity index (χ0n) is 17.9. The normalized spacial score (nSPS) is 29.6. The van der Waals surface area contributed by atoms with Crippen LogP contribution in [0.25, 0.3) is 0 Å². The summed E-state index contributed by atoms with van der Waals surface area (Å²) in [5.41, 5.74) is -0.919. The maximum Gasteiger partial charge on any atom is 0.314 e. The first-order valence-corrected chi connectivity index (χ1v) is 10.9. The Labute approximate surface area is 169 Å². The summed E-state index contributed by atoms with van der Waals surface area (Å²) in [7, 11) is 0. The van der Waals surface area contributed by atoms with Crippen LogP contribution >= 0.6 is 0 Å². The van der Waals surface area contributed by atoms with Crippen LogP contribution in [0.2, 0.25) is 0 Å². The van der Waals surface area contributed by atoms with Crippen LogP contribution in [0.1, 0.15) is 79.1 Å². The van der Waals surface area contributed by atoms with Crippen LogP contribution < -0.4 is 0 Å². The molecule has 2 aliphatic carbocycles. The van der Waals surface area contributed by atoms with Crippen molar-refractivity contribution in [1.29, 1.82) is 0 Å². The van der Waals surface area contributed by atoms with Gasteiger partial charge in [-0.2, -0.15) is 0 Å². The quantitative estimate of drug-likeness (QED) is 0.459. The van der Waals surface area contributed by atoms with E-state index in [1.165, 1.54) is 0 Å². The number of ketones is 1. The van der Waals surface area contributed by atoms with E-state index in [1.54, 1.807) is 20.8 Å². The van der Waals surface area contributed by atoms with E-state index in [9.17, 15) is 19.8 Å². The maximum atomic E-state index is 12.6. The smallest absolute Gasteiger partial charge is 0.314 e. The average molecular weight is 395 g/mol. The third kappa shape index (κ3) is 5.66. The lowest BCUT2D eigenvalue weighted by atomic mass is 9.66. The van der Waals surface area contributed by atoms with Gasteiger partial charge >= 0.3 is 5.97 Å². The van der Waals surface area contributed by atoms with Crippen LogP contribution in [0.3, 0.4) is 0 Å². The standard InChI is InChI=1S/C23H38O5/c1-5-17(25)14-18(26)13-12-16-8-6-10-20-19(16)9-7-11-21(20)28-22(27)23(3,4)15(2)24/h6,10,15-17,19-21,24-25H,5,7-9,11-14H2,1-4H3/t15?,16-,17-,19-,20+,21-/m1/s1. The first-order valence-electron chi connectivity index (χ1n) is 10.9. The molecular weight excluding hydrogens is 356 g/mol. The zero-order chi connectivity index (χ0) is 20.9. The Hall–Kier alpha value is -1.20. The molecule has 2 N–H and O–H groups in total. The molecule has 1 unspecified atom stereocenters. The summed E-state index contributed by atoms with van der Waals surface area (Å²) in [6, 6.07) is 0. The lowest BCUT2D eigenvalue weighted by molar-refractivity contribution is -0.171. The van der Waals surface area contributed by atoms with Crippen LogP contribution in [0, 0.1) is 23.2 Å². The lowest BCUT2D eigenvalue weighted by Gasteiger charge is -2.43. The minimum atomic E-state index is -0.919. The van der Waals surface area contributed by atoms with Crippen LogP contribution in [0.5, 0.6) is 0 Å². The molecule has 0 aromatic heterocycles. The summed E-state index contributed by atoms with van der Waals surface area (Å²) in [5, 5.41) is 19.6. The molecule has 0 amide bonds. The molecule has 0 heterocycles. The highest BCUT2D eigenvalue weighted by molar-refractivity contribution is 5.78. The van der Waals surface area contributed by atoms with Crippen LogP contribution in [-0.4, -0.2) is 40.3 Å². The number of esters is 1. The van der Waals surface area contributed by atoms with Gasteiger partial charge in [0.25, 0.3) is 0 Å². The number of hydrogen-bond acceptors (Lipinski definition) is 5. The second-order valence-corrected chi connectivity index (χ2v) is 9.28. The minimum Gasteiger partial charge on any atom is -0.461 e. The van der Waals surface area contributed by atoms with E-state index in [4.69, 9.17) is 4.74 Å². The van der Waals surface area contributed by atoms with Gasteiger partial charge in [-0.15, -0.1) is 0 Å². The molecular formula is C23H38O5. The lowest BCUT2D eigenvalue weighted by Crippen LogP contribution is -2.44. The summed E-state index contributed by atoms with van der Waals surface area (Å²) in [6.07, 6.45) is 9.05. The van der Waals surface area contributed by atoms with Crippen molar-refractivity contribution in [2.45, 2.75) is 97.4 Å². The largest absolute Gasteiger partial charge is 0.461 e. The predicted molar refractivity (Wildman–Crippen MR) is 109 cm³/mol. The highest BCUT2D eigenvalue weighted by atomic mass is 16.5. The van der Waals surface area contributed by atoms with Gasteiger partial charge in [-0.3, -0.25) is 9.59 Å². The number of Topliss-reactive ketones (excluding diaryl/α,β-unsaturated/α-hetero) is 1. The number of fused-ring (bicyclic) bond motifs is 1. The fraction of sp³-hybridized carbons (Fsp3) is 0.826. The molecule has 0 aromatic rings. The summed E-state index contributed by atoms with van der Waals surface area (Å²) < 4.78 is 5.88. The Balaban J connectivity index is 1.97. The van der Waals surface area contributed by atoms with Gasteiger partial charge in [0.2, 0.25) is 0 Å². The van der Waals surface area contributed by atoms with E-state index in [0.717, 1.165) is 32.1 Å². The number of hydrogen-bond donors (Lipinski definition) is 2. The number of carbonyl (C=O) groups excluding carboxylic acids is 2. The van der Waals surface area contributed by atoms with Crippen molar-refractivity contribution in [3.63, 3.8) is 0 Å². The Morgan fingerprint density at radius 3 is 2.61 bits per heavy atom. The molecule has 1 fully saturated rings. The second kappa shape index (κ2) is 10.0. The molecule has 0 aromatic carbocycles. The molecule has 5 heteroatoms. The third-order valence-electron chi connectivity index (χ3n) is 6.91. The third-order valence-corrected chi connectivity index (χ3v) is 6.91. The number of carbonyl (C=O) groups is 2. The topological polar surface area (TPSA) is 83.8 Å². The fourth-order valence-electron chi connectivity index (χ4n) is 4.40. The van der Waals surface area contributed by atoms with Crippen molar-refractivity contribution in [3.05, 3.63) is 12.2 Å². The molecule has 6 atom stereocenters. The van der Waals surface area contributed by atoms with Crippen molar-refractivity contribution in [3.8, 4) is 0 Å². The van der Waals surface area contributed by atoms with Crippen molar-refractivity contribution in [2.75, 3.05) is 0 Å². The van der Waals surface area contributed by atoms with Gasteiger partial charge in [0.05, 0.1) is 17.6 Å². The summed E-state index contributed by atoms with van der Waals surface area (Å²) in [6.45, 7) is 6.94. The highest BCUT2D eigenvalue weighted by Crippen LogP contribution is 2.44. The Morgan fingerprint density at radius 2 is 1.96 bits per heavy atom. The summed E-state index contributed by atoms with van der Waals surface area (Å²) in [4.78, 5) is 24.7. The minimum absolute atomic E-state index is 0.137. The Bertz CT molecular complexity index is 565. The van der Waals surface area contributed by atoms with Gasteiger partial charge < -0.3 is 14.9 Å². The van der Waals surface area contributed by atoms with Gasteiger partial charge in [-0.25, -0.2) is 0 Å². The number of ether oxygens (including phenoxy) is 1. The average Bonchev–Trinajstić information content (AvgIpc) is 2.66. The van der Waals surface area contributed by atoms with Crippen LogP contribution in [0.4, 0.5) is 0 Å². The molecule has 28 heavy (non-hydrogen) atoms. The number of aliphatic hydroxyl groups is 2. The van der Waals surface area contributed by atoms with Crippen molar-refractivity contribution in [2.24, 2.45) is 23.2 Å². The van der Waals surface area contributed by atoms with Gasteiger partial charge in [-0.1, -0.05) is 19.1 Å². The molecule has 2 aliphatic rings. The summed E-state index contributed by atoms with van der Waals surface area (Å²) >= 11 is 0. The van der Waals surface area contributed by atoms with Gasteiger partial charge in [-0.05, 0) is 71.1 Å². The van der Waals surface area contributed by atoms with E-state index >= 15 is 0 Å². The molecule has 5 nitrogen and oxygen atoms in total. The number of rotatable bonds is 9. The van der Waals surface area contributed by atoms with E-state index < -0.39 is 17.6 Å². The van der Waals surface area contributed by atoms with E-state index in [-0.39, 0.29) is 30.2 Å². The molecule has 0 saturated heterocycles. The van der Waals surface area contributed by atoms with E-state index in [2.05, 4.69) is 12.2 Å². The van der Waals surface area contributed by atoms with Crippen LogP contribution in [-0.2, 0) is 14.3 Å². The molecule has 2 rings (SSSR count). The molecule has 0 bridgehead atoms. The van der Waals surface area contributed by atoms with Gasteiger partial charge in [0.1, 0.15) is 11.9 Å². The fourth-order valence-corrected chi connectivity index (χ4v) is 4.40. The Kier molecular flexibility index (Phi) is 8.26. The second-order valence-electron chi connectivity index (χ2n) is 9.28. The maximum absolute atomic E-state index is 12.6. The molecule has 0 aliphatic heterocycles. The zero-order valence-corrected chi connectivity index (χ0v) is 17.9.